The highest BCUT2D eigenvalue weighted by Crippen LogP contribution is 2.39. The van der Waals surface area contributed by atoms with Crippen LogP contribution in [0.3, 0.4) is 0 Å². The van der Waals surface area contributed by atoms with E-state index < -0.39 is 12.0 Å². The number of rotatable bonds is 8. The van der Waals surface area contributed by atoms with Gasteiger partial charge in [-0.25, -0.2) is 4.39 Å². The fourth-order valence-electron chi connectivity index (χ4n) is 4.07. The number of aryl methyl sites for hydroxylation is 1. The summed E-state index contributed by atoms with van der Waals surface area (Å²) in [6.45, 7) is 1.49. The molecule has 1 N–H and O–H groups in total. The number of halogens is 1. The standard InChI is InChI=1S/C23H26FN3O3S/c24-19-4-2-1-3-18(19)22(23(30)16-5-6-16)26-9-7-20(31)17(14-26)11-15-12-25-27(13-15)10-8-21(28)29/h1-4,11-13,16,20,22,31H,5-10,14H2,(H,28,29)/b17-11-. The predicted molar refractivity (Wildman–Crippen MR) is 118 cm³/mol. The third-order valence-electron chi connectivity index (χ3n) is 5.88. The molecule has 0 bridgehead atoms. The summed E-state index contributed by atoms with van der Waals surface area (Å²) >= 11 is 4.72. The van der Waals surface area contributed by atoms with Crippen LogP contribution in [0.15, 0.2) is 42.2 Å². The van der Waals surface area contributed by atoms with Gasteiger partial charge >= 0.3 is 5.97 Å². The van der Waals surface area contributed by atoms with Crippen molar-refractivity contribution < 1.29 is 19.1 Å². The summed E-state index contributed by atoms with van der Waals surface area (Å²) in [5.74, 6) is -1.09. The fourth-order valence-corrected chi connectivity index (χ4v) is 4.34. The lowest BCUT2D eigenvalue weighted by Gasteiger charge is -2.37. The van der Waals surface area contributed by atoms with Gasteiger partial charge in [0.15, 0.2) is 5.78 Å². The molecule has 0 amide bonds. The van der Waals surface area contributed by atoms with Gasteiger partial charge in [-0.1, -0.05) is 24.3 Å². The number of piperidine rings is 1. The molecule has 1 aliphatic carbocycles. The monoisotopic (exact) mass is 443 g/mol. The van der Waals surface area contributed by atoms with Gasteiger partial charge < -0.3 is 5.11 Å². The van der Waals surface area contributed by atoms with Gasteiger partial charge in [-0.15, -0.1) is 0 Å². The van der Waals surface area contributed by atoms with Crippen LogP contribution in [0.25, 0.3) is 6.08 Å². The van der Waals surface area contributed by atoms with E-state index in [9.17, 15) is 14.0 Å². The van der Waals surface area contributed by atoms with Crippen molar-refractivity contribution in [1.29, 1.82) is 0 Å². The maximum absolute atomic E-state index is 14.6. The fraction of sp³-hybridized carbons (Fsp3) is 0.435. The Bertz CT molecular complexity index is 1000. The Hall–Kier alpha value is -2.45. The van der Waals surface area contributed by atoms with E-state index in [0.717, 1.165) is 30.4 Å². The number of aliphatic carboxylic acids is 1. The number of carbonyl (C=O) groups is 2. The van der Waals surface area contributed by atoms with Crippen molar-refractivity contribution in [3.63, 3.8) is 0 Å². The van der Waals surface area contributed by atoms with Gasteiger partial charge in [-0.3, -0.25) is 19.2 Å². The number of carboxylic acids is 1. The number of thiol groups is 1. The van der Waals surface area contributed by atoms with Gasteiger partial charge in [0.2, 0.25) is 0 Å². The first kappa shape index (κ1) is 21.8. The van der Waals surface area contributed by atoms with Gasteiger partial charge in [0.1, 0.15) is 5.82 Å². The molecule has 1 aromatic carbocycles. The first-order valence-electron chi connectivity index (χ1n) is 10.6. The van der Waals surface area contributed by atoms with Crippen LogP contribution < -0.4 is 0 Å². The van der Waals surface area contributed by atoms with Crippen LogP contribution in [0, 0.1) is 11.7 Å². The Balaban J connectivity index is 1.56. The van der Waals surface area contributed by atoms with Gasteiger partial charge in [0.25, 0.3) is 0 Å². The van der Waals surface area contributed by atoms with Crippen LogP contribution >= 0.6 is 12.6 Å². The number of ketones is 1. The highest BCUT2D eigenvalue weighted by molar-refractivity contribution is 7.81. The largest absolute Gasteiger partial charge is 0.481 e. The first-order chi connectivity index (χ1) is 14.9. The van der Waals surface area contributed by atoms with Crippen LogP contribution in [0.5, 0.6) is 0 Å². The van der Waals surface area contributed by atoms with Gasteiger partial charge in [0, 0.05) is 41.6 Å². The van der Waals surface area contributed by atoms with Gasteiger partial charge in [0.05, 0.1) is 25.2 Å². The summed E-state index contributed by atoms with van der Waals surface area (Å²) in [4.78, 5) is 26.0. The minimum Gasteiger partial charge on any atom is -0.481 e. The van der Waals surface area contributed by atoms with E-state index >= 15 is 0 Å². The molecule has 2 aliphatic rings. The number of hydrogen-bond acceptors (Lipinski definition) is 5. The average Bonchev–Trinajstić information content (AvgIpc) is 3.50. The molecule has 2 fully saturated rings. The van der Waals surface area contributed by atoms with Crippen molar-refractivity contribution in [1.82, 2.24) is 14.7 Å². The zero-order valence-electron chi connectivity index (χ0n) is 17.2. The Kier molecular flexibility index (Phi) is 6.57. The zero-order chi connectivity index (χ0) is 22.0. The summed E-state index contributed by atoms with van der Waals surface area (Å²) in [7, 11) is 0. The van der Waals surface area contributed by atoms with E-state index in [1.54, 1.807) is 35.3 Å². The summed E-state index contributed by atoms with van der Waals surface area (Å²) in [5, 5.41) is 13.1. The predicted octanol–water partition coefficient (Wildman–Crippen LogP) is 3.60. The SMILES string of the molecule is O=C(O)CCn1cc(/C=C2/CN(C(C(=O)C3CC3)c3ccccc3F)CCC2S)cn1. The molecular weight excluding hydrogens is 417 g/mol. The lowest BCUT2D eigenvalue weighted by Crippen LogP contribution is -2.42. The number of nitrogens with zero attached hydrogens (tertiary/aromatic N) is 3. The molecule has 4 rings (SSSR count). The van der Waals surface area contributed by atoms with Gasteiger partial charge in [-0.05, 0) is 30.9 Å². The quantitative estimate of drug-likeness (QED) is 0.610. The molecule has 0 spiro atoms. The number of carbonyl (C=O) groups excluding carboxylic acids is 1. The minimum atomic E-state index is -0.867. The van der Waals surface area contributed by atoms with E-state index in [-0.39, 0.29) is 29.2 Å². The molecule has 6 nitrogen and oxygen atoms in total. The average molecular weight is 444 g/mol. The molecule has 1 aliphatic heterocycles. The molecule has 2 aromatic rings. The van der Waals surface area contributed by atoms with E-state index in [1.807, 2.05) is 6.08 Å². The minimum absolute atomic E-state index is 0.00819. The topological polar surface area (TPSA) is 75.4 Å². The van der Waals surface area contributed by atoms with Crippen LogP contribution in [0.4, 0.5) is 4.39 Å². The highest BCUT2D eigenvalue weighted by Gasteiger charge is 2.40. The molecule has 0 radical (unpaired) electrons. The van der Waals surface area contributed by atoms with Crippen molar-refractivity contribution >= 4 is 30.5 Å². The van der Waals surface area contributed by atoms with E-state index in [4.69, 9.17) is 17.7 Å². The second kappa shape index (κ2) is 9.36. The summed E-state index contributed by atoms with van der Waals surface area (Å²) in [6, 6.07) is 5.96. The van der Waals surface area contributed by atoms with Crippen LogP contribution in [0.2, 0.25) is 0 Å². The molecule has 1 saturated carbocycles. The maximum Gasteiger partial charge on any atom is 0.305 e. The van der Waals surface area contributed by atoms with Crippen LogP contribution in [-0.4, -0.2) is 49.9 Å². The number of likely N-dealkylation sites (tertiary alicyclic amines) is 1. The lowest BCUT2D eigenvalue weighted by molar-refractivity contribution is -0.137. The first-order valence-corrected chi connectivity index (χ1v) is 11.1. The number of hydrogen-bond donors (Lipinski definition) is 2. The van der Waals surface area contributed by atoms with E-state index in [2.05, 4.69) is 10.00 Å². The summed E-state index contributed by atoms with van der Waals surface area (Å²) in [6.07, 6.45) is 8.01. The van der Waals surface area contributed by atoms with E-state index in [1.165, 1.54) is 6.07 Å². The Morgan fingerprint density at radius 2 is 2.06 bits per heavy atom. The third-order valence-corrected chi connectivity index (χ3v) is 6.47. The molecule has 1 saturated heterocycles. The maximum atomic E-state index is 14.6. The van der Waals surface area contributed by atoms with Gasteiger partial charge in [-0.2, -0.15) is 17.7 Å². The smallest absolute Gasteiger partial charge is 0.305 e. The van der Waals surface area contributed by atoms with Crippen molar-refractivity contribution in [3.8, 4) is 0 Å². The summed E-state index contributed by atoms with van der Waals surface area (Å²) in [5.41, 5.74) is 2.34. The second-order valence-corrected chi connectivity index (χ2v) is 8.90. The molecule has 31 heavy (non-hydrogen) atoms. The number of carboxylic acid groups (broad SMARTS) is 1. The molecule has 2 atom stereocenters. The third kappa shape index (κ3) is 5.25. The molecule has 1 aromatic heterocycles. The Morgan fingerprint density at radius 3 is 2.77 bits per heavy atom. The Morgan fingerprint density at radius 1 is 1.29 bits per heavy atom. The number of benzene rings is 1. The van der Waals surface area contributed by atoms with Crippen molar-refractivity contribution in [2.75, 3.05) is 13.1 Å². The molecular formula is C23H26FN3O3S. The normalized spacial score (nSPS) is 21.9. The van der Waals surface area contributed by atoms with Crippen LogP contribution in [-0.2, 0) is 16.1 Å². The van der Waals surface area contributed by atoms with Crippen molar-refractivity contribution in [2.24, 2.45) is 5.92 Å². The number of aromatic nitrogens is 2. The molecule has 8 heteroatoms. The highest BCUT2D eigenvalue weighted by atomic mass is 32.1. The van der Waals surface area contributed by atoms with Crippen molar-refractivity contribution in [3.05, 3.63) is 59.2 Å². The van der Waals surface area contributed by atoms with E-state index in [0.29, 0.717) is 25.2 Å². The van der Waals surface area contributed by atoms with Crippen molar-refractivity contribution in [2.45, 2.75) is 43.5 Å². The Labute approximate surface area is 186 Å². The second-order valence-electron chi connectivity index (χ2n) is 8.28. The number of Topliss-reactive ketones (excluding diaryl/α,β-unsaturated/α-hetero) is 1. The lowest BCUT2D eigenvalue weighted by atomic mass is 9.93. The molecule has 164 valence electrons. The van der Waals surface area contributed by atoms with Crippen LogP contribution in [0.1, 0.15) is 42.9 Å². The zero-order valence-corrected chi connectivity index (χ0v) is 18.0. The molecule has 2 unspecified atom stereocenters. The molecule has 2 heterocycles. The summed E-state index contributed by atoms with van der Waals surface area (Å²) < 4.78 is 16.2.